The van der Waals surface area contributed by atoms with Gasteiger partial charge >= 0.3 is 5.97 Å². The van der Waals surface area contributed by atoms with Crippen LogP contribution in [-0.2, 0) is 24.0 Å². The number of nitrogens with zero attached hydrogens (tertiary/aromatic N) is 1. The molecule has 0 bridgehead atoms. The Morgan fingerprint density at radius 3 is 1.89 bits per heavy atom. The van der Waals surface area contributed by atoms with E-state index in [1.807, 2.05) is 6.26 Å². The second-order valence-corrected chi connectivity index (χ2v) is 9.63. The van der Waals surface area contributed by atoms with Gasteiger partial charge in [-0.1, -0.05) is 0 Å². The molecule has 15 nitrogen and oxygen atoms in total. The smallest absolute Gasteiger partial charge is 0.326 e. The summed E-state index contributed by atoms with van der Waals surface area (Å²) in [6, 6.07) is -4.37. The third-order valence-electron chi connectivity index (χ3n) is 5.42. The number of carbonyl (C=O) groups excluding carboxylic acids is 4. The SMILES string of the molecule is CSCCC(NC(=O)C(CCCN=C(N)N)NC(=O)C(N)CCC(N)=O)C(=O)NC(CCCCN)C(=O)O. The van der Waals surface area contributed by atoms with Gasteiger partial charge in [0.05, 0.1) is 6.04 Å². The zero-order valence-corrected chi connectivity index (χ0v) is 22.6. The van der Waals surface area contributed by atoms with Crippen molar-refractivity contribution < 1.29 is 29.1 Å². The van der Waals surface area contributed by atoms with Crippen molar-refractivity contribution in [2.24, 2.45) is 33.7 Å². The van der Waals surface area contributed by atoms with Gasteiger partial charge in [0.15, 0.2) is 5.96 Å². The minimum Gasteiger partial charge on any atom is -0.480 e. The van der Waals surface area contributed by atoms with Crippen LogP contribution in [0.15, 0.2) is 4.99 Å². The molecular weight excluding hydrogens is 518 g/mol. The lowest BCUT2D eigenvalue weighted by atomic mass is 10.1. The molecule has 0 aromatic heterocycles. The van der Waals surface area contributed by atoms with Crippen LogP contribution in [0.4, 0.5) is 0 Å². The lowest BCUT2D eigenvalue weighted by Gasteiger charge is -2.25. The van der Waals surface area contributed by atoms with Crippen molar-refractivity contribution in [1.82, 2.24) is 16.0 Å². The number of nitrogens with two attached hydrogens (primary N) is 5. The lowest BCUT2D eigenvalue weighted by molar-refractivity contribution is -0.142. The minimum atomic E-state index is -1.19. The van der Waals surface area contributed by atoms with Gasteiger partial charge in [0.25, 0.3) is 0 Å². The van der Waals surface area contributed by atoms with Crippen molar-refractivity contribution >= 4 is 47.3 Å². The average molecular weight is 562 g/mol. The molecule has 0 spiro atoms. The molecule has 16 heteroatoms. The third-order valence-corrected chi connectivity index (χ3v) is 6.07. The number of hydrogen-bond acceptors (Lipinski definition) is 9. The number of hydrogen-bond donors (Lipinski definition) is 9. The van der Waals surface area contributed by atoms with E-state index in [0.29, 0.717) is 31.6 Å². The summed E-state index contributed by atoms with van der Waals surface area (Å²) in [6.07, 6.45) is 3.66. The van der Waals surface area contributed by atoms with Gasteiger partial charge in [-0.2, -0.15) is 11.8 Å². The first kappa shape index (κ1) is 34.9. The summed E-state index contributed by atoms with van der Waals surface area (Å²) >= 11 is 1.44. The Morgan fingerprint density at radius 1 is 0.816 bits per heavy atom. The van der Waals surface area contributed by atoms with Gasteiger partial charge < -0.3 is 49.7 Å². The highest BCUT2D eigenvalue weighted by Gasteiger charge is 2.30. The molecule has 0 heterocycles. The van der Waals surface area contributed by atoms with Crippen LogP contribution in [0.1, 0.15) is 51.4 Å². The molecule has 218 valence electrons. The lowest BCUT2D eigenvalue weighted by Crippen LogP contribution is -2.57. The number of thioether (sulfide) groups is 1. The van der Waals surface area contributed by atoms with Crippen molar-refractivity contribution in [1.29, 1.82) is 0 Å². The van der Waals surface area contributed by atoms with Crippen LogP contribution in [0.5, 0.6) is 0 Å². The summed E-state index contributed by atoms with van der Waals surface area (Å²) in [5.41, 5.74) is 27.0. The Hall–Kier alpha value is -3.11. The molecule has 0 aliphatic heterocycles. The topological polar surface area (TPSA) is 284 Å². The first-order valence-corrected chi connectivity index (χ1v) is 13.7. The van der Waals surface area contributed by atoms with E-state index in [2.05, 4.69) is 20.9 Å². The first-order chi connectivity index (χ1) is 17.9. The van der Waals surface area contributed by atoms with Crippen LogP contribution in [0.3, 0.4) is 0 Å². The largest absolute Gasteiger partial charge is 0.480 e. The molecular formula is C22H43N9O6S. The van der Waals surface area contributed by atoms with E-state index in [-0.39, 0.29) is 44.6 Å². The number of nitrogens with one attached hydrogen (secondary N) is 3. The highest BCUT2D eigenvalue weighted by molar-refractivity contribution is 7.98. The van der Waals surface area contributed by atoms with Crippen LogP contribution in [0, 0.1) is 0 Å². The standard InChI is InChI=1S/C22H43N9O6S/c1-38-12-9-15(20(35)31-16(21(36)37)5-2-3-10-23)30-19(34)14(6-4-11-28-22(26)27)29-18(33)13(24)7-8-17(25)32/h13-16H,2-12,23-24H2,1H3,(H2,25,32)(H,29,33)(H,30,34)(H,31,35)(H,36,37)(H4,26,27,28). The highest BCUT2D eigenvalue weighted by Crippen LogP contribution is 2.07. The van der Waals surface area contributed by atoms with Crippen LogP contribution < -0.4 is 44.6 Å². The number of carboxylic acids is 1. The monoisotopic (exact) mass is 561 g/mol. The molecule has 0 aromatic carbocycles. The summed E-state index contributed by atoms with van der Waals surface area (Å²) in [6.45, 7) is 0.588. The summed E-state index contributed by atoms with van der Waals surface area (Å²) < 4.78 is 0. The van der Waals surface area contributed by atoms with Crippen molar-refractivity contribution in [3.05, 3.63) is 0 Å². The zero-order chi connectivity index (χ0) is 29.1. The van der Waals surface area contributed by atoms with Crippen LogP contribution >= 0.6 is 11.8 Å². The predicted molar refractivity (Wildman–Crippen MR) is 146 cm³/mol. The minimum absolute atomic E-state index is 0.0109. The molecule has 0 saturated heterocycles. The van der Waals surface area contributed by atoms with E-state index in [9.17, 15) is 29.1 Å². The average Bonchev–Trinajstić information content (AvgIpc) is 2.85. The Kier molecular flexibility index (Phi) is 18.3. The van der Waals surface area contributed by atoms with Gasteiger partial charge in [0.2, 0.25) is 23.6 Å². The Labute approximate surface area is 226 Å². The molecule has 0 rings (SSSR count). The van der Waals surface area contributed by atoms with E-state index in [4.69, 9.17) is 28.7 Å². The summed E-state index contributed by atoms with van der Waals surface area (Å²) in [5.74, 6) is -3.44. The number of guanidine groups is 1. The number of aliphatic imine (C=N–C) groups is 1. The van der Waals surface area contributed by atoms with Gasteiger partial charge in [0, 0.05) is 13.0 Å². The van der Waals surface area contributed by atoms with E-state index in [0.717, 1.165) is 0 Å². The summed E-state index contributed by atoms with van der Waals surface area (Å²) in [7, 11) is 0. The molecule has 0 aromatic rings. The van der Waals surface area contributed by atoms with Crippen molar-refractivity contribution in [3.8, 4) is 0 Å². The molecule has 4 atom stereocenters. The molecule has 0 aliphatic carbocycles. The van der Waals surface area contributed by atoms with Gasteiger partial charge in [-0.05, 0) is 63.5 Å². The number of aliphatic carboxylic acids is 1. The van der Waals surface area contributed by atoms with Gasteiger partial charge in [-0.3, -0.25) is 24.2 Å². The molecule has 4 amide bonds. The number of amides is 4. The van der Waals surface area contributed by atoms with Gasteiger partial charge in [-0.25, -0.2) is 4.79 Å². The van der Waals surface area contributed by atoms with Crippen LogP contribution in [0.25, 0.3) is 0 Å². The number of carbonyl (C=O) groups is 5. The molecule has 0 radical (unpaired) electrons. The number of rotatable bonds is 21. The molecule has 0 saturated carbocycles. The molecule has 0 aliphatic rings. The van der Waals surface area contributed by atoms with E-state index < -0.39 is 53.8 Å². The maximum absolute atomic E-state index is 13.2. The summed E-state index contributed by atoms with van der Waals surface area (Å²) in [5, 5.41) is 17.1. The second-order valence-electron chi connectivity index (χ2n) is 8.65. The van der Waals surface area contributed by atoms with E-state index in [1.165, 1.54) is 11.8 Å². The summed E-state index contributed by atoms with van der Waals surface area (Å²) in [4.78, 5) is 65.1. The first-order valence-electron chi connectivity index (χ1n) is 12.3. The van der Waals surface area contributed by atoms with Crippen molar-refractivity contribution in [3.63, 3.8) is 0 Å². The Balaban J connectivity index is 5.54. The van der Waals surface area contributed by atoms with Crippen LogP contribution in [-0.4, -0.2) is 89.9 Å². The molecule has 4 unspecified atom stereocenters. The Morgan fingerprint density at radius 2 is 1.37 bits per heavy atom. The fraction of sp³-hybridized carbons (Fsp3) is 0.727. The molecule has 0 fully saturated rings. The van der Waals surface area contributed by atoms with Crippen molar-refractivity contribution in [2.75, 3.05) is 25.1 Å². The van der Waals surface area contributed by atoms with Gasteiger partial charge in [-0.15, -0.1) is 0 Å². The van der Waals surface area contributed by atoms with Crippen molar-refractivity contribution in [2.45, 2.75) is 75.5 Å². The molecule has 38 heavy (non-hydrogen) atoms. The highest BCUT2D eigenvalue weighted by atomic mass is 32.2. The fourth-order valence-corrected chi connectivity index (χ4v) is 3.75. The normalized spacial score (nSPS) is 13.9. The predicted octanol–water partition coefficient (Wildman–Crippen LogP) is -2.95. The quantitative estimate of drug-likeness (QED) is 0.0388. The van der Waals surface area contributed by atoms with E-state index in [1.54, 1.807) is 0 Å². The van der Waals surface area contributed by atoms with Crippen LogP contribution in [0.2, 0.25) is 0 Å². The number of carboxylic acid groups (broad SMARTS) is 1. The maximum Gasteiger partial charge on any atom is 0.326 e. The third kappa shape index (κ3) is 15.9. The fourth-order valence-electron chi connectivity index (χ4n) is 3.28. The zero-order valence-electron chi connectivity index (χ0n) is 21.8. The number of primary amides is 1. The maximum atomic E-state index is 13.2. The van der Waals surface area contributed by atoms with Gasteiger partial charge in [0.1, 0.15) is 18.1 Å². The number of unbranched alkanes of at least 4 members (excludes halogenated alkanes) is 1. The Bertz CT molecular complexity index is 810. The van der Waals surface area contributed by atoms with E-state index >= 15 is 0 Å². The second kappa shape index (κ2) is 19.9. The molecule has 14 N–H and O–H groups in total.